The van der Waals surface area contributed by atoms with Crippen LogP contribution in [0.4, 0.5) is 0 Å². The van der Waals surface area contributed by atoms with Crippen molar-refractivity contribution < 1.29 is 14.3 Å². The molecule has 1 aromatic rings. The van der Waals surface area contributed by atoms with Crippen molar-refractivity contribution in [1.29, 1.82) is 0 Å². The number of rotatable bonds is 4. The van der Waals surface area contributed by atoms with Gasteiger partial charge >= 0.3 is 0 Å². The van der Waals surface area contributed by atoms with E-state index in [0.717, 1.165) is 49.2 Å². The van der Waals surface area contributed by atoms with Crippen LogP contribution in [0.25, 0.3) is 0 Å². The van der Waals surface area contributed by atoms with Crippen LogP contribution >= 0.6 is 0 Å². The van der Waals surface area contributed by atoms with Gasteiger partial charge in [-0.1, -0.05) is 37.3 Å². The lowest BCUT2D eigenvalue weighted by Gasteiger charge is -2.26. The molecule has 0 bridgehead atoms. The van der Waals surface area contributed by atoms with Crippen molar-refractivity contribution in [1.82, 2.24) is 0 Å². The van der Waals surface area contributed by atoms with Crippen LogP contribution in [-0.2, 0) is 14.3 Å². The van der Waals surface area contributed by atoms with Gasteiger partial charge in [-0.3, -0.25) is 9.59 Å². The Morgan fingerprint density at radius 2 is 1.53 bits per heavy atom. The van der Waals surface area contributed by atoms with Crippen molar-refractivity contribution in [3.8, 4) is 11.5 Å². The van der Waals surface area contributed by atoms with E-state index in [-0.39, 0.29) is 23.4 Å². The van der Waals surface area contributed by atoms with Crippen LogP contribution < -0.4 is 0 Å². The predicted octanol–water partition coefficient (Wildman–Crippen LogP) is 5.17. The van der Waals surface area contributed by atoms with Gasteiger partial charge in [-0.15, -0.1) is 11.5 Å². The lowest BCUT2D eigenvalue weighted by Crippen LogP contribution is -2.25. The number of hydrogen-bond acceptors (Lipinski definition) is 3. The Labute approximate surface area is 183 Å². The number of aryl methyl sites for hydroxylation is 3. The summed E-state index contributed by atoms with van der Waals surface area (Å²) in [7, 11) is -1.51. The van der Waals surface area contributed by atoms with Gasteiger partial charge in [0.05, 0.1) is 0 Å². The first-order chi connectivity index (χ1) is 14.1. The number of hydrogen-bond donors (Lipinski definition) is 0. The zero-order valence-corrected chi connectivity index (χ0v) is 20.4. The summed E-state index contributed by atoms with van der Waals surface area (Å²) in [5.41, 5.74) is 7.61. The van der Waals surface area contributed by atoms with Crippen molar-refractivity contribution in [3.63, 3.8) is 0 Å². The molecule has 1 heterocycles. The molecule has 1 aliphatic heterocycles. The van der Waals surface area contributed by atoms with Crippen molar-refractivity contribution in [2.24, 2.45) is 17.8 Å². The van der Waals surface area contributed by atoms with Gasteiger partial charge in [0, 0.05) is 31.5 Å². The molecule has 0 radical (unpaired) electrons. The monoisotopic (exact) mass is 424 g/mol. The first-order valence-corrected chi connectivity index (χ1v) is 14.8. The minimum Gasteiger partial charge on any atom is -0.381 e. The number of ether oxygens (including phenoxy) is 1. The van der Waals surface area contributed by atoms with Crippen LogP contribution in [0.3, 0.4) is 0 Å². The van der Waals surface area contributed by atoms with E-state index in [1.54, 1.807) is 0 Å². The molecule has 0 amide bonds. The molecule has 162 valence electrons. The zero-order valence-electron chi connectivity index (χ0n) is 19.4. The van der Waals surface area contributed by atoms with E-state index in [9.17, 15) is 9.59 Å². The second-order valence-electron chi connectivity index (χ2n) is 10.3. The van der Waals surface area contributed by atoms with Gasteiger partial charge in [0.25, 0.3) is 0 Å². The Morgan fingerprint density at radius 1 is 0.967 bits per heavy atom. The molecular weight excluding hydrogens is 388 g/mol. The highest BCUT2D eigenvalue weighted by Crippen LogP contribution is 2.44. The summed E-state index contributed by atoms with van der Waals surface area (Å²) in [6, 6.07) is 4.18. The molecule has 2 aliphatic rings. The molecule has 1 saturated carbocycles. The van der Waals surface area contributed by atoms with Crippen molar-refractivity contribution in [2.45, 2.75) is 72.0 Å². The largest absolute Gasteiger partial charge is 0.381 e. The lowest BCUT2D eigenvalue weighted by molar-refractivity contribution is -0.125. The molecule has 1 aliphatic carbocycles. The highest BCUT2D eigenvalue weighted by Gasteiger charge is 2.50. The summed E-state index contributed by atoms with van der Waals surface area (Å²) in [6.07, 6.45) is 3.29. The fourth-order valence-electron chi connectivity index (χ4n) is 5.19. The highest BCUT2D eigenvalue weighted by molar-refractivity contribution is 6.83. The van der Waals surface area contributed by atoms with Crippen molar-refractivity contribution in [3.05, 3.63) is 34.4 Å². The van der Waals surface area contributed by atoms with E-state index in [4.69, 9.17) is 4.74 Å². The minimum atomic E-state index is -1.51. The Balaban J connectivity index is 1.94. The summed E-state index contributed by atoms with van der Waals surface area (Å²) >= 11 is 0. The third kappa shape index (κ3) is 5.13. The van der Waals surface area contributed by atoms with Crippen LogP contribution in [0.2, 0.25) is 19.6 Å². The maximum absolute atomic E-state index is 13.7. The predicted molar refractivity (Wildman–Crippen MR) is 124 cm³/mol. The van der Waals surface area contributed by atoms with E-state index in [1.165, 1.54) is 5.56 Å². The summed E-state index contributed by atoms with van der Waals surface area (Å²) in [5, 5.41) is 0. The van der Waals surface area contributed by atoms with Crippen LogP contribution in [0.15, 0.2) is 12.1 Å². The molecule has 0 aromatic heterocycles. The first kappa shape index (κ1) is 23.0. The second-order valence-corrected chi connectivity index (χ2v) is 15.1. The van der Waals surface area contributed by atoms with Gasteiger partial charge in [-0.05, 0) is 62.6 Å². The van der Waals surface area contributed by atoms with Gasteiger partial charge in [0.15, 0.2) is 11.6 Å². The number of carbonyl (C=O) groups excluding carboxylic acids is 2. The SMILES string of the molecule is Cc1cc(C)c(C2C(=O)C(CC#C[Si](C)(C)C)C(CC3CCOCC3)C2=O)c(C)c1. The maximum atomic E-state index is 13.7. The third-order valence-electron chi connectivity index (χ3n) is 6.53. The van der Waals surface area contributed by atoms with Gasteiger partial charge < -0.3 is 4.74 Å². The molecule has 3 nitrogen and oxygen atoms in total. The lowest BCUT2D eigenvalue weighted by atomic mass is 9.81. The van der Waals surface area contributed by atoms with E-state index < -0.39 is 14.0 Å². The molecule has 1 aromatic carbocycles. The summed E-state index contributed by atoms with van der Waals surface area (Å²) in [4.78, 5) is 27.3. The average Bonchev–Trinajstić information content (AvgIpc) is 2.86. The molecule has 30 heavy (non-hydrogen) atoms. The molecule has 3 rings (SSSR count). The number of ketones is 2. The fourth-order valence-corrected chi connectivity index (χ4v) is 5.82. The minimum absolute atomic E-state index is 0.0944. The second kappa shape index (κ2) is 9.20. The Bertz CT molecular complexity index is 855. The topological polar surface area (TPSA) is 43.4 Å². The molecule has 1 saturated heterocycles. The maximum Gasteiger partial charge on any atom is 0.152 e. The number of benzene rings is 1. The van der Waals surface area contributed by atoms with E-state index in [0.29, 0.717) is 12.3 Å². The first-order valence-electron chi connectivity index (χ1n) is 11.3. The van der Waals surface area contributed by atoms with Gasteiger partial charge in [0.2, 0.25) is 0 Å². The molecule has 4 heteroatoms. The normalized spacial score (nSPS) is 25.3. The van der Waals surface area contributed by atoms with Gasteiger partial charge in [-0.2, -0.15) is 0 Å². The summed E-state index contributed by atoms with van der Waals surface area (Å²) in [6.45, 7) is 14.3. The summed E-state index contributed by atoms with van der Waals surface area (Å²) < 4.78 is 5.50. The molecule has 0 spiro atoms. The fraction of sp³-hybridized carbons (Fsp3) is 0.615. The Hall–Kier alpha value is -1.70. The molecule has 3 atom stereocenters. The Kier molecular flexibility index (Phi) is 7.04. The molecular formula is C26H36O3Si. The number of Topliss-reactive ketones (excluding diaryl/α,β-unsaturated/α-hetero) is 2. The smallest absolute Gasteiger partial charge is 0.152 e. The van der Waals surface area contributed by atoms with Crippen LogP contribution in [-0.4, -0.2) is 32.9 Å². The Morgan fingerprint density at radius 3 is 2.10 bits per heavy atom. The van der Waals surface area contributed by atoms with Crippen LogP contribution in [0.5, 0.6) is 0 Å². The van der Waals surface area contributed by atoms with E-state index >= 15 is 0 Å². The standard InChI is InChI=1S/C26H36O3Si/c1-17-14-18(2)23(19(3)15-17)24-25(27)21(8-7-13-30(4,5)6)22(26(24)28)16-20-9-11-29-12-10-20/h14-15,20-22,24H,8-12,16H2,1-6H3. The van der Waals surface area contributed by atoms with Gasteiger partial charge in [0.1, 0.15) is 14.0 Å². The zero-order chi connectivity index (χ0) is 22.1. The summed E-state index contributed by atoms with van der Waals surface area (Å²) in [5.74, 6) is 2.90. The quantitative estimate of drug-likeness (QED) is 0.381. The van der Waals surface area contributed by atoms with Crippen LogP contribution in [0, 0.1) is 50.0 Å². The van der Waals surface area contributed by atoms with E-state index in [1.807, 2.05) is 13.8 Å². The molecule has 3 unspecified atom stereocenters. The van der Waals surface area contributed by atoms with E-state index in [2.05, 4.69) is 50.2 Å². The molecule has 2 fully saturated rings. The van der Waals surface area contributed by atoms with Crippen molar-refractivity contribution in [2.75, 3.05) is 13.2 Å². The number of carbonyl (C=O) groups is 2. The highest BCUT2D eigenvalue weighted by atomic mass is 28.3. The van der Waals surface area contributed by atoms with Gasteiger partial charge in [-0.25, -0.2) is 0 Å². The van der Waals surface area contributed by atoms with Crippen LogP contribution in [0.1, 0.15) is 53.9 Å². The average molecular weight is 425 g/mol. The third-order valence-corrected chi connectivity index (χ3v) is 7.45. The van der Waals surface area contributed by atoms with Crippen molar-refractivity contribution >= 4 is 19.6 Å². The molecule has 0 N–H and O–H groups in total.